The summed E-state index contributed by atoms with van der Waals surface area (Å²) >= 11 is 0. The predicted molar refractivity (Wildman–Crippen MR) is 122 cm³/mol. The Morgan fingerprint density at radius 3 is 1.52 bits per heavy atom. The Bertz CT molecular complexity index is 692. The fourth-order valence-electron chi connectivity index (χ4n) is 5.54. The molecule has 0 aliphatic heterocycles. The van der Waals surface area contributed by atoms with Crippen LogP contribution in [0.25, 0.3) is 0 Å². The molecular formula is C26H41NO4. The Hall–Kier alpha value is -1.78. The van der Waals surface area contributed by atoms with Crippen molar-refractivity contribution < 1.29 is 19.1 Å². The number of hydrogen-bond donors (Lipinski definition) is 1. The molecule has 2 aliphatic carbocycles. The Labute approximate surface area is 187 Å². The second-order valence-electron chi connectivity index (χ2n) is 10.8. The van der Waals surface area contributed by atoms with Crippen LogP contribution in [0.3, 0.4) is 0 Å². The van der Waals surface area contributed by atoms with E-state index in [9.17, 15) is 9.59 Å². The fourth-order valence-corrected chi connectivity index (χ4v) is 5.54. The van der Waals surface area contributed by atoms with Gasteiger partial charge in [-0.05, 0) is 73.3 Å². The first-order chi connectivity index (χ1) is 14.7. The van der Waals surface area contributed by atoms with Crippen molar-refractivity contribution in [2.75, 3.05) is 0 Å². The van der Waals surface area contributed by atoms with Crippen LogP contribution in [-0.2, 0) is 9.47 Å². The van der Waals surface area contributed by atoms with Gasteiger partial charge in [0.2, 0.25) is 0 Å². The van der Waals surface area contributed by atoms with Gasteiger partial charge in [-0.2, -0.15) is 0 Å². The molecule has 2 fully saturated rings. The van der Waals surface area contributed by atoms with E-state index in [0.29, 0.717) is 46.9 Å². The normalized spacial score (nSPS) is 31.6. The summed E-state index contributed by atoms with van der Waals surface area (Å²) in [4.78, 5) is 28.5. The van der Waals surface area contributed by atoms with Gasteiger partial charge < -0.3 is 14.5 Å². The minimum Gasteiger partial charge on any atom is -0.457 e. The first kappa shape index (κ1) is 23.9. The summed E-state index contributed by atoms with van der Waals surface area (Å²) in [5.41, 5.74) is 0.648. The minimum absolute atomic E-state index is 0.0644. The van der Waals surface area contributed by atoms with E-state index >= 15 is 0 Å². The largest absolute Gasteiger partial charge is 0.457 e. The number of ether oxygens (including phenoxy) is 2. The average molecular weight is 432 g/mol. The molecule has 1 aromatic rings. The number of H-pyrrole nitrogens is 1. The van der Waals surface area contributed by atoms with Crippen LogP contribution in [0.15, 0.2) is 12.1 Å². The summed E-state index contributed by atoms with van der Waals surface area (Å²) in [7, 11) is 0. The van der Waals surface area contributed by atoms with E-state index in [1.54, 1.807) is 12.1 Å². The van der Waals surface area contributed by atoms with Crippen molar-refractivity contribution in [3.05, 3.63) is 23.5 Å². The molecule has 0 bridgehead atoms. The molecule has 1 N–H and O–H groups in total. The third kappa shape index (κ3) is 5.93. The maximum absolute atomic E-state index is 12.8. The predicted octanol–water partition coefficient (Wildman–Crippen LogP) is 6.25. The molecule has 5 heteroatoms. The summed E-state index contributed by atoms with van der Waals surface area (Å²) < 4.78 is 11.8. The van der Waals surface area contributed by atoms with E-state index < -0.39 is 0 Å². The Morgan fingerprint density at radius 1 is 0.774 bits per heavy atom. The van der Waals surface area contributed by atoms with Crippen molar-refractivity contribution in [1.82, 2.24) is 4.98 Å². The number of hydrogen-bond acceptors (Lipinski definition) is 4. The first-order valence-electron chi connectivity index (χ1n) is 12.3. The summed E-state index contributed by atoms with van der Waals surface area (Å²) in [6.45, 7) is 13.2. The number of aromatic nitrogens is 1. The fraction of sp³-hybridized carbons (Fsp3) is 0.769. The van der Waals surface area contributed by atoms with E-state index in [2.05, 4.69) is 46.5 Å². The van der Waals surface area contributed by atoms with Crippen LogP contribution >= 0.6 is 0 Å². The van der Waals surface area contributed by atoms with Gasteiger partial charge >= 0.3 is 11.9 Å². The van der Waals surface area contributed by atoms with Gasteiger partial charge in [0.05, 0.1) is 0 Å². The molecule has 0 amide bonds. The van der Waals surface area contributed by atoms with E-state index in [-0.39, 0.29) is 24.1 Å². The molecule has 0 aromatic carbocycles. The molecule has 3 rings (SSSR count). The zero-order valence-electron chi connectivity index (χ0n) is 20.1. The van der Waals surface area contributed by atoms with Crippen LogP contribution in [0, 0.1) is 35.5 Å². The van der Waals surface area contributed by atoms with Crippen LogP contribution in [0.2, 0.25) is 0 Å². The van der Waals surface area contributed by atoms with Crippen molar-refractivity contribution in [3.63, 3.8) is 0 Å². The lowest BCUT2D eigenvalue weighted by molar-refractivity contribution is -0.0181. The highest BCUT2D eigenvalue weighted by Crippen LogP contribution is 2.37. The summed E-state index contributed by atoms with van der Waals surface area (Å²) in [5.74, 6) is 2.10. The highest BCUT2D eigenvalue weighted by atomic mass is 16.5. The molecule has 1 heterocycles. The number of esters is 2. The third-order valence-electron chi connectivity index (χ3n) is 7.57. The van der Waals surface area contributed by atoms with Gasteiger partial charge in [-0.15, -0.1) is 0 Å². The molecule has 1 aromatic heterocycles. The topological polar surface area (TPSA) is 68.4 Å². The summed E-state index contributed by atoms with van der Waals surface area (Å²) in [6, 6.07) is 3.28. The quantitative estimate of drug-likeness (QED) is 0.541. The number of aromatic amines is 1. The van der Waals surface area contributed by atoms with Crippen LogP contribution in [0.4, 0.5) is 0 Å². The van der Waals surface area contributed by atoms with E-state index in [4.69, 9.17) is 9.47 Å². The molecule has 0 unspecified atom stereocenters. The maximum atomic E-state index is 12.8. The van der Waals surface area contributed by atoms with E-state index in [1.165, 1.54) is 12.8 Å². The molecule has 2 aliphatic rings. The zero-order valence-corrected chi connectivity index (χ0v) is 20.1. The maximum Gasteiger partial charge on any atom is 0.355 e. The molecule has 0 saturated heterocycles. The number of rotatable bonds is 6. The molecule has 31 heavy (non-hydrogen) atoms. The van der Waals surface area contributed by atoms with Gasteiger partial charge in [-0.3, -0.25) is 0 Å². The van der Waals surface area contributed by atoms with Crippen molar-refractivity contribution in [3.8, 4) is 0 Å². The number of carbonyl (C=O) groups is 2. The standard InChI is InChI=1S/C26H41NO4/c1-15(2)19-9-7-17(5)13-23(19)30-25(28)21-11-12-22(27-21)26(29)31-24-14-18(6)8-10-20(24)16(3)4/h11-12,15-20,23-24,27H,7-10,13-14H2,1-6H3/t17-,18-,19+,20+,23-,24-/m1/s1. The highest BCUT2D eigenvalue weighted by Gasteiger charge is 2.35. The van der Waals surface area contributed by atoms with Crippen molar-refractivity contribution in [2.45, 2.75) is 92.3 Å². The lowest BCUT2D eigenvalue weighted by Gasteiger charge is -2.36. The average Bonchev–Trinajstić information content (AvgIpc) is 3.18. The molecule has 6 atom stereocenters. The second-order valence-corrected chi connectivity index (χ2v) is 10.8. The second kappa shape index (κ2) is 10.2. The van der Waals surface area contributed by atoms with Gasteiger partial charge in [0.15, 0.2) is 0 Å². The molecule has 0 spiro atoms. The van der Waals surface area contributed by atoms with Gasteiger partial charge in [0, 0.05) is 0 Å². The smallest absolute Gasteiger partial charge is 0.355 e. The van der Waals surface area contributed by atoms with E-state index in [0.717, 1.165) is 25.7 Å². The molecule has 174 valence electrons. The van der Waals surface area contributed by atoms with E-state index in [1.807, 2.05) is 0 Å². The molecule has 5 nitrogen and oxygen atoms in total. The van der Waals surface area contributed by atoms with Crippen LogP contribution in [0.5, 0.6) is 0 Å². The van der Waals surface area contributed by atoms with Crippen molar-refractivity contribution >= 4 is 11.9 Å². The van der Waals surface area contributed by atoms with Crippen molar-refractivity contribution in [1.29, 1.82) is 0 Å². The Kier molecular flexibility index (Phi) is 7.87. The Balaban J connectivity index is 1.63. The summed E-state index contributed by atoms with van der Waals surface area (Å²) in [5, 5.41) is 0. The lowest BCUT2D eigenvalue weighted by atomic mass is 9.75. The van der Waals surface area contributed by atoms with Gasteiger partial charge in [-0.25, -0.2) is 9.59 Å². The number of carbonyl (C=O) groups excluding carboxylic acids is 2. The highest BCUT2D eigenvalue weighted by molar-refractivity contribution is 5.92. The van der Waals surface area contributed by atoms with Crippen LogP contribution in [-0.4, -0.2) is 29.1 Å². The third-order valence-corrected chi connectivity index (χ3v) is 7.57. The van der Waals surface area contributed by atoms with Gasteiger partial charge in [0.25, 0.3) is 0 Å². The molecular weight excluding hydrogens is 390 g/mol. The van der Waals surface area contributed by atoms with Crippen LogP contribution in [0.1, 0.15) is 101 Å². The summed E-state index contributed by atoms with van der Waals surface area (Å²) in [6.07, 6.45) is 6.24. The lowest BCUT2D eigenvalue weighted by Crippen LogP contribution is -2.36. The number of nitrogens with one attached hydrogen (secondary N) is 1. The molecule has 0 radical (unpaired) electrons. The van der Waals surface area contributed by atoms with Gasteiger partial charge in [0.1, 0.15) is 23.6 Å². The van der Waals surface area contributed by atoms with Crippen LogP contribution < -0.4 is 0 Å². The monoisotopic (exact) mass is 431 g/mol. The van der Waals surface area contributed by atoms with Gasteiger partial charge in [-0.1, -0.05) is 54.4 Å². The SMILES string of the molecule is CC(C)[C@@H]1CC[C@@H](C)C[C@H]1OC(=O)c1ccc(C(=O)O[C@@H]2C[C@H](C)CC[C@H]2C(C)C)[nH]1. The van der Waals surface area contributed by atoms with Crippen molar-refractivity contribution in [2.24, 2.45) is 35.5 Å². The Morgan fingerprint density at radius 2 is 1.16 bits per heavy atom. The first-order valence-corrected chi connectivity index (χ1v) is 12.3. The minimum atomic E-state index is -0.379. The molecule has 2 saturated carbocycles. The zero-order chi connectivity index (χ0) is 22.7.